The van der Waals surface area contributed by atoms with Gasteiger partial charge in [0.25, 0.3) is 11.8 Å². The fourth-order valence-electron chi connectivity index (χ4n) is 5.59. The van der Waals surface area contributed by atoms with Crippen molar-refractivity contribution < 1.29 is 58.2 Å². The summed E-state index contributed by atoms with van der Waals surface area (Å²) in [6, 6.07) is 8.53. The van der Waals surface area contributed by atoms with Crippen LogP contribution in [0, 0.1) is 29.1 Å². The molecule has 0 heterocycles. The highest BCUT2D eigenvalue weighted by atomic mass is 35.5. The van der Waals surface area contributed by atoms with Gasteiger partial charge in [-0.1, -0.05) is 11.6 Å². The number of hydrogen-bond donors (Lipinski definition) is 5. The summed E-state index contributed by atoms with van der Waals surface area (Å²) in [4.78, 5) is 24.0. The molecule has 54 heavy (non-hydrogen) atoms. The molecule has 20 heteroatoms. The first-order valence-electron chi connectivity index (χ1n) is 15.9. The molecule has 0 atom stereocenters. The molecule has 5 N–H and O–H groups in total. The molecule has 0 radical (unpaired) electrons. The number of rotatable bonds is 12. The lowest BCUT2D eigenvalue weighted by molar-refractivity contribution is 0.0711. The zero-order valence-electron chi connectivity index (χ0n) is 27.4. The van der Waals surface area contributed by atoms with Crippen LogP contribution < -0.4 is 24.8 Å². The minimum atomic E-state index is -4.56. The average Bonchev–Trinajstić information content (AvgIpc) is 3.06. The molecule has 2 amide bonds. The van der Waals surface area contributed by atoms with Gasteiger partial charge >= 0.3 is 0 Å². The van der Waals surface area contributed by atoms with Crippen LogP contribution in [0.3, 0.4) is 0 Å². The maximum Gasteiger partial charge on any atom is 0.255 e. The summed E-state index contributed by atoms with van der Waals surface area (Å²) in [6.45, 7) is 0. The molecule has 12 nitrogen and oxygen atoms in total. The maximum atomic E-state index is 14.7. The van der Waals surface area contributed by atoms with E-state index in [4.69, 9.17) is 16.3 Å². The van der Waals surface area contributed by atoms with Crippen LogP contribution in [0.2, 0.25) is 5.02 Å². The first-order valence-corrected chi connectivity index (χ1v) is 19.3. The molecule has 0 aromatic heterocycles. The summed E-state index contributed by atoms with van der Waals surface area (Å²) in [7, 11) is -8.98. The Labute approximate surface area is 309 Å². The maximum absolute atomic E-state index is 14.7. The normalized spacial score (nSPS) is 19.7. The molecule has 2 fully saturated rings. The Morgan fingerprint density at radius 1 is 0.648 bits per heavy atom. The smallest absolute Gasteiger partial charge is 0.255 e. The lowest BCUT2D eigenvalue weighted by Gasteiger charge is -2.35. The van der Waals surface area contributed by atoms with Gasteiger partial charge in [0, 0.05) is 59.6 Å². The first kappa shape index (κ1) is 39.0. The molecule has 2 saturated carbocycles. The molecule has 4 aromatic rings. The third-order valence-electron chi connectivity index (χ3n) is 8.54. The number of amides is 2. The lowest BCUT2D eigenvalue weighted by atomic mass is 9.90. The Hall–Kier alpha value is -4.66. The highest BCUT2D eigenvalue weighted by Gasteiger charge is 2.36. The predicted molar refractivity (Wildman–Crippen MR) is 184 cm³/mol. The summed E-state index contributed by atoms with van der Waals surface area (Å²) in [6.07, 6.45) is -1.45. The molecular weight excluding hydrogens is 787 g/mol. The SMILES string of the molecule is O=C(Nc1cc(F)c(F)c(OC2CC(NS(=O)(=O)c3cc(C(=O)Nc4ccc(F)c(Cl)c4)ccc3F)C2)c1)c1ccc(F)c(S(=O)(=O)NC2CC(O)C2)c1. The second-order valence-electron chi connectivity index (χ2n) is 12.6. The largest absolute Gasteiger partial charge is 0.487 e. The molecule has 0 aliphatic heterocycles. The van der Waals surface area contributed by atoms with Crippen LogP contribution in [0.4, 0.5) is 33.3 Å². The van der Waals surface area contributed by atoms with Gasteiger partial charge in [-0.15, -0.1) is 0 Å². The highest BCUT2D eigenvalue weighted by molar-refractivity contribution is 7.89. The fourth-order valence-corrected chi connectivity index (χ4v) is 8.50. The number of benzene rings is 4. The van der Waals surface area contributed by atoms with Crippen molar-refractivity contribution >= 4 is 54.8 Å². The van der Waals surface area contributed by atoms with E-state index in [9.17, 15) is 53.5 Å². The Bertz CT molecular complexity index is 2380. The van der Waals surface area contributed by atoms with Gasteiger partial charge in [-0.25, -0.2) is 43.8 Å². The number of sulfonamides is 2. The van der Waals surface area contributed by atoms with Crippen LogP contribution in [0.15, 0.2) is 76.5 Å². The third kappa shape index (κ3) is 8.66. The molecule has 286 valence electrons. The van der Waals surface area contributed by atoms with Crippen LogP contribution in [0.1, 0.15) is 46.4 Å². The second kappa shape index (κ2) is 15.2. The zero-order chi connectivity index (χ0) is 39.1. The first-order chi connectivity index (χ1) is 25.4. The minimum Gasteiger partial charge on any atom is -0.487 e. The summed E-state index contributed by atoms with van der Waals surface area (Å²) >= 11 is 5.72. The molecule has 0 bridgehead atoms. The number of nitrogens with one attached hydrogen (secondary N) is 4. The van der Waals surface area contributed by atoms with Crippen molar-refractivity contribution in [2.24, 2.45) is 0 Å². The number of anilines is 2. The van der Waals surface area contributed by atoms with Crippen LogP contribution in [0.5, 0.6) is 5.75 Å². The van der Waals surface area contributed by atoms with Gasteiger partial charge in [0.2, 0.25) is 25.9 Å². The minimum absolute atomic E-state index is 0.0787. The van der Waals surface area contributed by atoms with Crippen molar-refractivity contribution in [3.63, 3.8) is 0 Å². The number of halogens is 6. The van der Waals surface area contributed by atoms with E-state index in [-0.39, 0.29) is 53.2 Å². The Balaban J connectivity index is 1.08. The lowest BCUT2D eigenvalue weighted by Crippen LogP contribution is -2.49. The summed E-state index contributed by atoms with van der Waals surface area (Å²) in [5, 5.41) is 13.8. The highest BCUT2D eigenvalue weighted by Crippen LogP contribution is 2.33. The van der Waals surface area contributed by atoms with Gasteiger partial charge in [-0.05, 0) is 67.4 Å². The van der Waals surface area contributed by atoms with E-state index in [1.165, 1.54) is 6.07 Å². The number of carbonyl (C=O) groups excluding carboxylic acids is 2. The molecule has 0 unspecified atom stereocenters. The third-order valence-corrected chi connectivity index (χ3v) is 11.9. The van der Waals surface area contributed by atoms with Crippen molar-refractivity contribution in [2.75, 3.05) is 10.6 Å². The molecule has 4 aromatic carbocycles. The van der Waals surface area contributed by atoms with E-state index < -0.39 is 101 Å². The van der Waals surface area contributed by atoms with Gasteiger partial charge in [0.05, 0.1) is 11.1 Å². The fraction of sp³-hybridized carbons (Fsp3) is 0.235. The number of ether oxygens (including phenoxy) is 1. The van der Waals surface area contributed by atoms with Crippen molar-refractivity contribution in [3.8, 4) is 5.75 Å². The van der Waals surface area contributed by atoms with Gasteiger partial charge < -0.3 is 20.5 Å². The molecule has 2 aliphatic rings. The van der Waals surface area contributed by atoms with Gasteiger partial charge in [0.15, 0.2) is 11.6 Å². The molecule has 0 saturated heterocycles. The molecule has 2 aliphatic carbocycles. The zero-order valence-corrected chi connectivity index (χ0v) is 29.8. The van der Waals surface area contributed by atoms with E-state index in [0.717, 1.165) is 54.6 Å². The average molecular weight is 815 g/mol. The van der Waals surface area contributed by atoms with Crippen molar-refractivity contribution in [1.82, 2.24) is 9.44 Å². The van der Waals surface area contributed by atoms with Crippen LogP contribution in [-0.2, 0) is 20.0 Å². The van der Waals surface area contributed by atoms with E-state index in [1.54, 1.807) is 0 Å². The quantitative estimate of drug-likeness (QED) is 0.121. The monoisotopic (exact) mass is 814 g/mol. The topological polar surface area (TPSA) is 180 Å². The second-order valence-corrected chi connectivity index (χ2v) is 16.3. The Kier molecular flexibility index (Phi) is 11.0. The van der Waals surface area contributed by atoms with E-state index in [2.05, 4.69) is 20.1 Å². The van der Waals surface area contributed by atoms with Gasteiger partial charge in [-0.3, -0.25) is 9.59 Å². The summed E-state index contributed by atoms with van der Waals surface area (Å²) in [5.74, 6) is -8.42. The van der Waals surface area contributed by atoms with Gasteiger partial charge in [-0.2, -0.15) is 4.39 Å². The summed E-state index contributed by atoms with van der Waals surface area (Å²) < 4.78 is 133. The molecule has 0 spiro atoms. The predicted octanol–water partition coefficient (Wildman–Crippen LogP) is 5.23. The van der Waals surface area contributed by atoms with Crippen LogP contribution in [0.25, 0.3) is 0 Å². The van der Waals surface area contributed by atoms with E-state index in [1.807, 2.05) is 0 Å². The Morgan fingerprint density at radius 3 is 1.67 bits per heavy atom. The van der Waals surface area contributed by atoms with Crippen molar-refractivity contribution in [2.45, 2.75) is 59.8 Å². The summed E-state index contributed by atoms with van der Waals surface area (Å²) in [5.41, 5.74) is -0.809. The standard InChI is InChI=1S/C34H28ClF5N4O8S2/c35-24-13-18(3-6-25(24)36)41-33(46)16-1-4-27(38)31(7-16)54(50,51)44-21-11-23(12-21)52-29-15-19(14-28(39)32(29)40)42-34(47)17-2-5-26(37)30(8-17)53(48,49)43-20-9-22(45)10-20/h1-8,13-15,20-23,43-45H,9-12H2,(H,41,46)(H,42,47). The van der Waals surface area contributed by atoms with Crippen LogP contribution in [-0.4, -0.2) is 58.0 Å². The van der Waals surface area contributed by atoms with E-state index >= 15 is 0 Å². The number of aliphatic hydroxyl groups excluding tert-OH is 1. The number of carbonyl (C=O) groups is 2. The number of aliphatic hydroxyl groups is 1. The Morgan fingerprint density at radius 2 is 1.15 bits per heavy atom. The van der Waals surface area contributed by atoms with E-state index in [0.29, 0.717) is 6.07 Å². The van der Waals surface area contributed by atoms with Gasteiger partial charge in [0.1, 0.15) is 33.3 Å². The van der Waals surface area contributed by atoms with Crippen LogP contribution >= 0.6 is 11.6 Å². The van der Waals surface area contributed by atoms with Crippen molar-refractivity contribution in [1.29, 1.82) is 0 Å². The number of hydrogen-bond acceptors (Lipinski definition) is 8. The molecule has 6 rings (SSSR count). The van der Waals surface area contributed by atoms with Crippen molar-refractivity contribution in [3.05, 3.63) is 112 Å². The molecular formula is C34H28ClF5N4O8S2.